The Morgan fingerprint density at radius 3 is 2.45 bits per heavy atom. The first-order chi connectivity index (χ1) is 15.1. The monoisotopic (exact) mass is 436 g/mol. The minimum Gasteiger partial charge on any atom is -0.376 e. The fourth-order valence-electron chi connectivity index (χ4n) is 3.23. The molecule has 0 aliphatic carbocycles. The summed E-state index contributed by atoms with van der Waals surface area (Å²) < 4.78 is 5.49. The Hall–Kier alpha value is -3.23. The number of rotatable bonds is 6. The third kappa shape index (κ3) is 5.68. The van der Waals surface area contributed by atoms with Gasteiger partial charge in [-0.1, -0.05) is 29.8 Å². The first kappa shape index (κ1) is 21.0. The number of aryl methyl sites for hydroxylation is 1. The minimum absolute atomic E-state index is 0.0978. The summed E-state index contributed by atoms with van der Waals surface area (Å²) in [4.78, 5) is 29.0. The Balaban J connectivity index is 1.29. The van der Waals surface area contributed by atoms with Gasteiger partial charge in [0.1, 0.15) is 10.7 Å². The molecule has 1 aliphatic rings. The van der Waals surface area contributed by atoms with E-state index in [-0.39, 0.29) is 18.0 Å². The third-order valence-electron chi connectivity index (χ3n) is 4.95. The molecule has 1 aromatic heterocycles. The summed E-state index contributed by atoms with van der Waals surface area (Å²) in [5, 5.41) is 11.0. The number of carbonyl (C=O) groups excluding carboxylic acids is 2. The van der Waals surface area contributed by atoms with Crippen molar-refractivity contribution in [2.24, 2.45) is 0 Å². The lowest BCUT2D eigenvalue weighted by Gasteiger charge is -2.12. The fourth-order valence-corrected chi connectivity index (χ4v) is 4.03. The topological polar surface area (TPSA) is 92.4 Å². The number of nitrogens with one attached hydrogen (secondary N) is 3. The highest BCUT2D eigenvalue weighted by Crippen LogP contribution is 2.24. The third-order valence-corrected chi connectivity index (χ3v) is 5.84. The highest BCUT2D eigenvalue weighted by molar-refractivity contribution is 7.13. The van der Waals surface area contributed by atoms with Crippen molar-refractivity contribution in [2.45, 2.75) is 25.9 Å². The molecule has 8 heteroatoms. The van der Waals surface area contributed by atoms with Crippen LogP contribution in [0.2, 0.25) is 0 Å². The maximum absolute atomic E-state index is 12.5. The number of carbonyl (C=O) groups is 2. The Bertz CT molecular complexity index is 1040. The predicted octanol–water partition coefficient (Wildman–Crippen LogP) is 4.67. The van der Waals surface area contributed by atoms with E-state index in [1.54, 1.807) is 29.6 Å². The van der Waals surface area contributed by atoms with Crippen LogP contribution in [0.4, 0.5) is 16.2 Å². The number of nitrogens with zero attached hydrogens (tertiary/aromatic N) is 1. The van der Waals surface area contributed by atoms with Crippen LogP contribution in [0, 0.1) is 6.92 Å². The molecule has 0 saturated carbocycles. The van der Waals surface area contributed by atoms with Crippen molar-refractivity contribution in [3.05, 3.63) is 65.2 Å². The first-order valence-electron chi connectivity index (χ1n) is 10.2. The van der Waals surface area contributed by atoms with Crippen LogP contribution in [0.25, 0.3) is 10.6 Å². The van der Waals surface area contributed by atoms with Crippen molar-refractivity contribution < 1.29 is 14.3 Å². The molecule has 1 unspecified atom stereocenters. The summed E-state index contributed by atoms with van der Waals surface area (Å²) in [7, 11) is 0. The molecule has 7 nitrogen and oxygen atoms in total. The zero-order chi connectivity index (χ0) is 21.6. The number of anilines is 2. The van der Waals surface area contributed by atoms with Crippen LogP contribution in [0.5, 0.6) is 0 Å². The largest absolute Gasteiger partial charge is 0.376 e. The van der Waals surface area contributed by atoms with Gasteiger partial charge in [-0.15, -0.1) is 11.3 Å². The second-order valence-electron chi connectivity index (χ2n) is 7.41. The zero-order valence-corrected chi connectivity index (χ0v) is 18.0. The van der Waals surface area contributed by atoms with Crippen LogP contribution in [-0.2, 0) is 4.74 Å². The summed E-state index contributed by atoms with van der Waals surface area (Å²) >= 11 is 1.43. The smallest absolute Gasteiger partial charge is 0.319 e. The summed E-state index contributed by atoms with van der Waals surface area (Å²) in [5.41, 5.74) is 3.80. The highest BCUT2D eigenvalue weighted by Gasteiger charge is 2.16. The molecule has 0 spiro atoms. The molecular formula is C23H24N4O3S. The van der Waals surface area contributed by atoms with Crippen LogP contribution in [0.15, 0.2) is 53.9 Å². The Kier molecular flexibility index (Phi) is 6.59. The average molecular weight is 437 g/mol. The van der Waals surface area contributed by atoms with E-state index in [0.717, 1.165) is 30.0 Å². The molecule has 160 valence electrons. The minimum atomic E-state index is -0.279. The molecule has 3 amide bonds. The zero-order valence-electron chi connectivity index (χ0n) is 17.2. The summed E-state index contributed by atoms with van der Waals surface area (Å²) in [6.07, 6.45) is 2.11. The molecule has 31 heavy (non-hydrogen) atoms. The molecule has 1 atom stereocenters. The van der Waals surface area contributed by atoms with Gasteiger partial charge in [-0.25, -0.2) is 9.78 Å². The molecule has 2 aromatic carbocycles. The van der Waals surface area contributed by atoms with E-state index in [9.17, 15) is 9.59 Å². The quantitative estimate of drug-likeness (QED) is 0.523. The summed E-state index contributed by atoms with van der Waals surface area (Å²) in [6, 6.07) is 14.7. The molecule has 3 aromatic rings. The van der Waals surface area contributed by atoms with Gasteiger partial charge in [0.15, 0.2) is 0 Å². The van der Waals surface area contributed by atoms with E-state index in [2.05, 4.69) is 20.9 Å². The summed E-state index contributed by atoms with van der Waals surface area (Å²) in [6.45, 7) is 3.29. The van der Waals surface area contributed by atoms with Crippen molar-refractivity contribution in [3.63, 3.8) is 0 Å². The second kappa shape index (κ2) is 9.72. The van der Waals surface area contributed by atoms with Crippen molar-refractivity contribution in [1.29, 1.82) is 0 Å². The number of benzene rings is 2. The number of hydrogen-bond donors (Lipinski definition) is 3. The Labute approximate surface area is 184 Å². The van der Waals surface area contributed by atoms with Crippen LogP contribution < -0.4 is 16.0 Å². The molecule has 3 N–H and O–H groups in total. The number of thiazole rings is 1. The van der Waals surface area contributed by atoms with E-state index in [1.807, 2.05) is 31.2 Å². The van der Waals surface area contributed by atoms with E-state index in [4.69, 9.17) is 4.74 Å². The molecule has 0 radical (unpaired) electrons. The van der Waals surface area contributed by atoms with Crippen molar-refractivity contribution in [3.8, 4) is 10.6 Å². The van der Waals surface area contributed by atoms with Crippen molar-refractivity contribution >= 4 is 34.6 Å². The van der Waals surface area contributed by atoms with Gasteiger partial charge in [0, 0.05) is 35.5 Å². The van der Waals surface area contributed by atoms with E-state index in [1.165, 1.54) is 16.9 Å². The Morgan fingerprint density at radius 1 is 1.06 bits per heavy atom. The first-order valence-corrected chi connectivity index (χ1v) is 11.1. The van der Waals surface area contributed by atoms with Gasteiger partial charge in [-0.3, -0.25) is 4.79 Å². The molecule has 0 bridgehead atoms. The van der Waals surface area contributed by atoms with Gasteiger partial charge in [0.05, 0.1) is 6.10 Å². The van der Waals surface area contributed by atoms with Gasteiger partial charge in [0.2, 0.25) is 0 Å². The highest BCUT2D eigenvalue weighted by atomic mass is 32.1. The molecule has 4 rings (SSSR count). The molecule has 1 saturated heterocycles. The van der Waals surface area contributed by atoms with E-state index in [0.29, 0.717) is 23.6 Å². The fraction of sp³-hybridized carbons (Fsp3) is 0.261. The number of urea groups is 1. The van der Waals surface area contributed by atoms with Gasteiger partial charge in [-0.2, -0.15) is 0 Å². The van der Waals surface area contributed by atoms with Crippen LogP contribution in [0.3, 0.4) is 0 Å². The second-order valence-corrected chi connectivity index (χ2v) is 8.26. The van der Waals surface area contributed by atoms with Crippen LogP contribution in [-0.4, -0.2) is 36.2 Å². The normalized spacial score (nSPS) is 15.5. The number of ether oxygens (including phenoxy) is 1. The lowest BCUT2D eigenvalue weighted by atomic mass is 10.2. The molecule has 1 fully saturated rings. The van der Waals surface area contributed by atoms with E-state index < -0.39 is 0 Å². The average Bonchev–Trinajstić information content (AvgIpc) is 3.47. The van der Waals surface area contributed by atoms with Crippen LogP contribution >= 0.6 is 11.3 Å². The lowest BCUT2D eigenvalue weighted by molar-refractivity contribution is 0.102. The van der Waals surface area contributed by atoms with Crippen molar-refractivity contribution in [1.82, 2.24) is 10.3 Å². The maximum atomic E-state index is 12.5. The van der Waals surface area contributed by atoms with Gasteiger partial charge < -0.3 is 20.7 Å². The predicted molar refractivity (Wildman–Crippen MR) is 123 cm³/mol. The SMILES string of the molecule is Cc1ccc(-c2nc(C(=O)Nc3ccc(NC(=O)NCC4CCCO4)cc3)cs2)cc1. The van der Waals surface area contributed by atoms with Crippen LogP contribution in [0.1, 0.15) is 28.9 Å². The number of amides is 3. The lowest BCUT2D eigenvalue weighted by Crippen LogP contribution is -2.35. The molecule has 1 aliphatic heterocycles. The number of aromatic nitrogens is 1. The van der Waals surface area contributed by atoms with Gasteiger partial charge in [0.25, 0.3) is 5.91 Å². The standard InChI is InChI=1S/C23H24N4O3S/c1-15-4-6-16(7-5-15)22-27-20(14-31-22)21(28)25-17-8-10-18(11-9-17)26-23(29)24-13-19-3-2-12-30-19/h4-11,14,19H,2-3,12-13H2,1H3,(H,25,28)(H2,24,26,29). The summed E-state index contributed by atoms with van der Waals surface area (Å²) in [5.74, 6) is -0.273. The maximum Gasteiger partial charge on any atom is 0.319 e. The van der Waals surface area contributed by atoms with Gasteiger partial charge >= 0.3 is 6.03 Å². The molecular weight excluding hydrogens is 412 g/mol. The van der Waals surface area contributed by atoms with Crippen molar-refractivity contribution in [2.75, 3.05) is 23.8 Å². The molecule has 2 heterocycles. The number of hydrogen-bond acceptors (Lipinski definition) is 5. The van der Waals surface area contributed by atoms with Gasteiger partial charge in [-0.05, 0) is 44.0 Å². The Morgan fingerprint density at radius 2 is 1.77 bits per heavy atom. The van der Waals surface area contributed by atoms with E-state index >= 15 is 0 Å².